The van der Waals surface area contributed by atoms with Crippen LogP contribution in [0.3, 0.4) is 0 Å². The molecule has 1 aliphatic heterocycles. The summed E-state index contributed by atoms with van der Waals surface area (Å²) in [6.07, 6.45) is 1.78. The van der Waals surface area contributed by atoms with Crippen molar-refractivity contribution in [2.45, 2.75) is 39.2 Å². The van der Waals surface area contributed by atoms with Gasteiger partial charge in [-0.1, -0.05) is 6.92 Å². The number of aliphatic carboxylic acids is 1. The molecule has 0 radical (unpaired) electrons. The summed E-state index contributed by atoms with van der Waals surface area (Å²) >= 11 is 1.84. The van der Waals surface area contributed by atoms with Crippen LogP contribution < -0.4 is 10.6 Å². The molecule has 0 aromatic rings. The molecule has 1 unspecified atom stereocenters. The SMILES string of the molecule is CCSCCC(C)NC(=O)NCC1(C(=O)O)CCOCC1. The summed E-state index contributed by atoms with van der Waals surface area (Å²) < 4.78 is 5.21. The number of urea groups is 1. The summed E-state index contributed by atoms with van der Waals surface area (Å²) in [5.41, 5.74) is -0.892. The zero-order chi connectivity index (χ0) is 15.7. The molecule has 1 saturated heterocycles. The van der Waals surface area contributed by atoms with E-state index in [4.69, 9.17) is 4.74 Å². The normalized spacial score (nSPS) is 18.8. The average molecular weight is 318 g/mol. The monoisotopic (exact) mass is 318 g/mol. The lowest BCUT2D eigenvalue weighted by atomic mass is 9.80. The Kier molecular flexibility index (Phi) is 7.88. The number of carboxylic acids is 1. The lowest BCUT2D eigenvalue weighted by molar-refractivity contribution is -0.154. The second kappa shape index (κ2) is 9.15. The van der Waals surface area contributed by atoms with Crippen molar-refractivity contribution < 1.29 is 19.4 Å². The molecule has 0 spiro atoms. The number of thioether (sulfide) groups is 1. The molecule has 21 heavy (non-hydrogen) atoms. The highest BCUT2D eigenvalue weighted by Gasteiger charge is 2.40. The molecule has 3 N–H and O–H groups in total. The number of amides is 2. The number of nitrogens with one attached hydrogen (secondary N) is 2. The highest BCUT2D eigenvalue weighted by molar-refractivity contribution is 7.99. The number of hydrogen-bond acceptors (Lipinski definition) is 4. The molecule has 122 valence electrons. The smallest absolute Gasteiger partial charge is 0.315 e. The number of carbonyl (C=O) groups is 2. The first-order valence-electron chi connectivity index (χ1n) is 7.43. The predicted molar refractivity (Wildman–Crippen MR) is 83.7 cm³/mol. The van der Waals surface area contributed by atoms with Gasteiger partial charge < -0.3 is 20.5 Å². The summed E-state index contributed by atoms with van der Waals surface area (Å²) in [6.45, 7) is 5.07. The molecule has 0 bridgehead atoms. The van der Waals surface area contributed by atoms with Crippen LogP contribution in [0.5, 0.6) is 0 Å². The number of rotatable bonds is 8. The lowest BCUT2D eigenvalue weighted by Gasteiger charge is -2.33. The summed E-state index contributed by atoms with van der Waals surface area (Å²) in [6, 6.07) is -0.212. The van der Waals surface area contributed by atoms with Crippen molar-refractivity contribution in [1.29, 1.82) is 0 Å². The van der Waals surface area contributed by atoms with E-state index in [0.29, 0.717) is 26.1 Å². The fourth-order valence-corrected chi connectivity index (χ4v) is 3.04. The molecule has 6 nitrogen and oxygen atoms in total. The van der Waals surface area contributed by atoms with Gasteiger partial charge in [-0.2, -0.15) is 11.8 Å². The first-order chi connectivity index (χ1) is 10.00. The molecule has 0 saturated carbocycles. The Morgan fingerprint density at radius 2 is 2.05 bits per heavy atom. The molecule has 0 aromatic carbocycles. The standard InChI is InChI=1S/C14H26N2O4S/c1-3-21-9-4-11(2)16-13(19)15-10-14(12(17)18)5-7-20-8-6-14/h11H,3-10H2,1-2H3,(H,17,18)(H2,15,16,19). The summed E-state index contributed by atoms with van der Waals surface area (Å²) in [5.74, 6) is 1.22. The fraction of sp³-hybridized carbons (Fsp3) is 0.857. The Morgan fingerprint density at radius 1 is 1.38 bits per heavy atom. The van der Waals surface area contributed by atoms with Crippen LogP contribution in [0.15, 0.2) is 0 Å². The van der Waals surface area contributed by atoms with Crippen molar-refractivity contribution in [3.63, 3.8) is 0 Å². The average Bonchev–Trinajstić information content (AvgIpc) is 2.46. The van der Waals surface area contributed by atoms with Gasteiger partial charge >= 0.3 is 12.0 Å². The van der Waals surface area contributed by atoms with Crippen LogP contribution in [0, 0.1) is 5.41 Å². The van der Waals surface area contributed by atoms with Crippen LogP contribution in [0.2, 0.25) is 0 Å². The van der Waals surface area contributed by atoms with Gasteiger partial charge in [0.25, 0.3) is 0 Å². The van der Waals surface area contributed by atoms with E-state index in [2.05, 4.69) is 17.6 Å². The predicted octanol–water partition coefficient (Wildman–Crippen LogP) is 1.70. The minimum absolute atomic E-state index is 0.0829. The molecule has 2 amide bonds. The highest BCUT2D eigenvalue weighted by Crippen LogP contribution is 2.29. The van der Waals surface area contributed by atoms with Crippen molar-refractivity contribution >= 4 is 23.8 Å². The zero-order valence-corrected chi connectivity index (χ0v) is 13.6. The number of carbonyl (C=O) groups excluding carboxylic acids is 1. The Labute approximate surface area is 130 Å². The third-order valence-electron chi connectivity index (χ3n) is 3.77. The van der Waals surface area contributed by atoms with Crippen LogP contribution in [0.4, 0.5) is 4.79 Å². The van der Waals surface area contributed by atoms with Gasteiger partial charge in [0.15, 0.2) is 0 Å². The summed E-state index contributed by atoms with van der Waals surface area (Å²) in [4.78, 5) is 23.3. The van der Waals surface area contributed by atoms with Gasteiger partial charge in [0.1, 0.15) is 0 Å². The molecule has 7 heteroatoms. The van der Waals surface area contributed by atoms with E-state index in [0.717, 1.165) is 17.9 Å². The first-order valence-corrected chi connectivity index (χ1v) is 8.59. The van der Waals surface area contributed by atoms with E-state index < -0.39 is 11.4 Å². The van der Waals surface area contributed by atoms with Gasteiger partial charge in [-0.25, -0.2) is 4.79 Å². The third-order valence-corrected chi connectivity index (χ3v) is 4.70. The second-order valence-corrected chi connectivity index (χ2v) is 6.81. The zero-order valence-electron chi connectivity index (χ0n) is 12.8. The highest BCUT2D eigenvalue weighted by atomic mass is 32.2. The van der Waals surface area contributed by atoms with Crippen molar-refractivity contribution in [2.24, 2.45) is 5.41 Å². The minimum atomic E-state index is -0.892. The van der Waals surface area contributed by atoms with Crippen LogP contribution >= 0.6 is 11.8 Å². The molecule has 1 fully saturated rings. The Bertz CT molecular complexity index is 346. The van der Waals surface area contributed by atoms with Gasteiger partial charge in [0.05, 0.1) is 5.41 Å². The molecule has 0 aromatic heterocycles. The van der Waals surface area contributed by atoms with Crippen LogP contribution in [-0.2, 0) is 9.53 Å². The Balaban J connectivity index is 2.34. The molecular weight excluding hydrogens is 292 g/mol. The summed E-state index contributed by atoms with van der Waals surface area (Å²) in [5, 5.41) is 14.9. The van der Waals surface area contributed by atoms with Crippen LogP contribution in [0.1, 0.15) is 33.1 Å². The maximum Gasteiger partial charge on any atom is 0.315 e. The maximum atomic E-state index is 11.8. The van der Waals surface area contributed by atoms with Gasteiger partial charge in [-0.15, -0.1) is 0 Å². The minimum Gasteiger partial charge on any atom is -0.481 e. The quantitative estimate of drug-likeness (QED) is 0.593. The van der Waals surface area contributed by atoms with Crippen molar-refractivity contribution in [2.75, 3.05) is 31.3 Å². The molecular formula is C14H26N2O4S. The number of ether oxygens (including phenoxy) is 1. The van der Waals surface area contributed by atoms with Gasteiger partial charge in [0, 0.05) is 25.8 Å². The van der Waals surface area contributed by atoms with E-state index in [1.165, 1.54) is 0 Å². The molecule has 0 aliphatic carbocycles. The van der Waals surface area contributed by atoms with E-state index in [1.54, 1.807) is 0 Å². The molecule has 1 rings (SSSR count). The third kappa shape index (κ3) is 6.13. The lowest BCUT2D eigenvalue weighted by Crippen LogP contribution is -2.50. The van der Waals surface area contributed by atoms with E-state index in [-0.39, 0.29) is 18.6 Å². The molecule has 1 heterocycles. The van der Waals surface area contributed by atoms with Crippen LogP contribution in [0.25, 0.3) is 0 Å². The number of hydrogen-bond donors (Lipinski definition) is 3. The van der Waals surface area contributed by atoms with E-state index in [9.17, 15) is 14.7 Å². The Hall–Kier alpha value is -0.950. The first kappa shape index (κ1) is 18.1. The fourth-order valence-electron chi connectivity index (χ4n) is 2.23. The van der Waals surface area contributed by atoms with Crippen molar-refractivity contribution in [1.82, 2.24) is 10.6 Å². The topological polar surface area (TPSA) is 87.7 Å². The maximum absolute atomic E-state index is 11.8. The van der Waals surface area contributed by atoms with Gasteiger partial charge in [0.2, 0.25) is 0 Å². The van der Waals surface area contributed by atoms with Crippen molar-refractivity contribution in [3.05, 3.63) is 0 Å². The number of carboxylic acid groups (broad SMARTS) is 1. The molecule has 1 atom stereocenters. The largest absolute Gasteiger partial charge is 0.481 e. The molecule has 1 aliphatic rings. The van der Waals surface area contributed by atoms with E-state index in [1.807, 2.05) is 18.7 Å². The van der Waals surface area contributed by atoms with Gasteiger partial charge in [-0.3, -0.25) is 4.79 Å². The van der Waals surface area contributed by atoms with Crippen molar-refractivity contribution in [3.8, 4) is 0 Å². The Morgan fingerprint density at radius 3 is 2.62 bits per heavy atom. The van der Waals surface area contributed by atoms with Crippen LogP contribution in [-0.4, -0.2) is 54.4 Å². The summed E-state index contributed by atoms with van der Waals surface area (Å²) in [7, 11) is 0. The second-order valence-electron chi connectivity index (χ2n) is 5.41. The van der Waals surface area contributed by atoms with E-state index >= 15 is 0 Å². The van der Waals surface area contributed by atoms with Gasteiger partial charge in [-0.05, 0) is 37.7 Å².